The van der Waals surface area contributed by atoms with E-state index >= 15 is 0 Å². The first-order chi connectivity index (χ1) is 21.7. The Hall–Kier alpha value is -3.92. The molecule has 0 radical (unpaired) electrons. The van der Waals surface area contributed by atoms with E-state index in [2.05, 4.69) is 18.2 Å². The van der Waals surface area contributed by atoms with Crippen molar-refractivity contribution in [1.82, 2.24) is 19.4 Å². The topological polar surface area (TPSA) is 103 Å². The molecule has 2 saturated heterocycles. The molecular weight excluding hydrogens is 584 g/mol. The zero-order valence-corrected chi connectivity index (χ0v) is 28.1. The Bertz CT molecular complexity index is 1670. The van der Waals surface area contributed by atoms with Crippen LogP contribution in [0.2, 0.25) is 0 Å². The van der Waals surface area contributed by atoms with Gasteiger partial charge in [-0.05, 0) is 120 Å². The average molecular weight is 631 g/mol. The lowest BCUT2D eigenvalue weighted by molar-refractivity contribution is -0.136. The highest BCUT2D eigenvalue weighted by Gasteiger charge is 2.37. The van der Waals surface area contributed by atoms with Crippen molar-refractivity contribution in [1.29, 1.82) is 0 Å². The lowest BCUT2D eigenvalue weighted by atomic mass is 9.86. The predicted molar refractivity (Wildman–Crippen MR) is 174 cm³/mol. The van der Waals surface area contributed by atoms with Crippen molar-refractivity contribution in [3.63, 3.8) is 0 Å². The minimum absolute atomic E-state index is 0.0923. The summed E-state index contributed by atoms with van der Waals surface area (Å²) in [5.74, 6) is 0.0545. The van der Waals surface area contributed by atoms with Gasteiger partial charge in [-0.25, -0.2) is 19.1 Å². The first kappa shape index (κ1) is 32.0. The summed E-state index contributed by atoms with van der Waals surface area (Å²) in [7, 11) is 0. The standard InChI is InChI=1S/C36H46N4O6/c1-22-19-40(34(43)46-36(5,6)7)31-28(22)17-25(18-37-31)24-15-26-20-38(32(41)23-11-14-44-21-23)13-10-27(26)29(16-24)30-9-8-12-39(30)33(42)45-35(2,3)4/h15-19,23,30H,8-14,20-21H2,1-7H3/t23-,30?/m1/s1. The van der Waals surface area contributed by atoms with Crippen LogP contribution in [0.4, 0.5) is 9.59 Å². The third-order valence-electron chi connectivity index (χ3n) is 8.97. The van der Waals surface area contributed by atoms with E-state index in [9.17, 15) is 14.4 Å². The highest BCUT2D eigenvalue weighted by molar-refractivity contribution is 5.92. The number of carbonyl (C=O) groups is 3. The smallest absolute Gasteiger partial charge is 0.420 e. The number of nitrogens with zero attached hydrogens (tertiary/aromatic N) is 4. The fourth-order valence-electron chi connectivity index (χ4n) is 6.87. The molecule has 1 aromatic carbocycles. The summed E-state index contributed by atoms with van der Waals surface area (Å²) in [5.41, 5.74) is 5.49. The van der Waals surface area contributed by atoms with Gasteiger partial charge in [-0.15, -0.1) is 0 Å². The molecule has 0 saturated carbocycles. The van der Waals surface area contributed by atoms with Crippen molar-refractivity contribution in [2.24, 2.45) is 5.92 Å². The number of hydrogen-bond donors (Lipinski definition) is 0. The molecule has 10 heteroatoms. The Kier molecular flexibility index (Phi) is 8.38. The predicted octanol–water partition coefficient (Wildman–Crippen LogP) is 6.79. The molecule has 2 amide bonds. The van der Waals surface area contributed by atoms with Gasteiger partial charge in [0.25, 0.3) is 0 Å². The fraction of sp³-hybridized carbons (Fsp3) is 0.556. The summed E-state index contributed by atoms with van der Waals surface area (Å²) in [6.45, 7) is 16.0. The summed E-state index contributed by atoms with van der Waals surface area (Å²) in [5, 5.41) is 0.858. The van der Waals surface area contributed by atoms with E-state index in [1.165, 1.54) is 10.1 Å². The zero-order chi connectivity index (χ0) is 33.0. The second-order valence-electron chi connectivity index (χ2n) is 14.9. The average Bonchev–Trinajstić information content (AvgIpc) is 3.75. The number of rotatable bonds is 3. The number of likely N-dealkylation sites (tertiary alicyclic amines) is 1. The number of hydrogen-bond acceptors (Lipinski definition) is 7. The molecule has 0 N–H and O–H groups in total. The van der Waals surface area contributed by atoms with Gasteiger partial charge in [0, 0.05) is 49.6 Å². The molecule has 2 fully saturated rings. The summed E-state index contributed by atoms with van der Waals surface area (Å²) in [6, 6.07) is 6.29. The molecule has 1 unspecified atom stereocenters. The summed E-state index contributed by atoms with van der Waals surface area (Å²) >= 11 is 0. The molecule has 6 rings (SSSR count). The van der Waals surface area contributed by atoms with Gasteiger partial charge in [0.15, 0.2) is 0 Å². The fourth-order valence-corrected chi connectivity index (χ4v) is 6.87. The van der Waals surface area contributed by atoms with Gasteiger partial charge in [-0.2, -0.15) is 0 Å². The number of benzene rings is 1. The highest BCUT2D eigenvalue weighted by Crippen LogP contribution is 2.41. The van der Waals surface area contributed by atoms with Gasteiger partial charge in [0.05, 0.1) is 18.6 Å². The monoisotopic (exact) mass is 630 g/mol. The highest BCUT2D eigenvalue weighted by atomic mass is 16.6. The quantitative estimate of drug-likeness (QED) is 0.314. The molecule has 5 heterocycles. The van der Waals surface area contributed by atoms with Crippen LogP contribution in [0.3, 0.4) is 0 Å². The molecule has 0 spiro atoms. The number of aromatic nitrogens is 2. The molecule has 3 aromatic rings. The van der Waals surface area contributed by atoms with Crippen molar-refractivity contribution in [2.75, 3.05) is 26.3 Å². The molecule has 246 valence electrons. The maximum atomic E-state index is 13.4. The van der Waals surface area contributed by atoms with Gasteiger partial charge in [0.2, 0.25) is 5.91 Å². The van der Waals surface area contributed by atoms with E-state index in [4.69, 9.17) is 19.2 Å². The first-order valence-corrected chi connectivity index (χ1v) is 16.4. The molecule has 46 heavy (non-hydrogen) atoms. The van der Waals surface area contributed by atoms with Crippen LogP contribution in [-0.4, -0.2) is 74.9 Å². The Morgan fingerprint density at radius 1 is 0.935 bits per heavy atom. The van der Waals surface area contributed by atoms with E-state index in [1.54, 1.807) is 12.4 Å². The second kappa shape index (κ2) is 12.0. The molecule has 3 aliphatic heterocycles. The van der Waals surface area contributed by atoms with E-state index in [0.717, 1.165) is 58.9 Å². The molecule has 0 bridgehead atoms. The lowest BCUT2D eigenvalue weighted by Gasteiger charge is -2.35. The number of fused-ring (bicyclic) bond motifs is 2. The third-order valence-corrected chi connectivity index (χ3v) is 8.97. The lowest BCUT2D eigenvalue weighted by Crippen LogP contribution is -2.41. The summed E-state index contributed by atoms with van der Waals surface area (Å²) < 4.78 is 18.4. The number of ether oxygens (including phenoxy) is 3. The van der Waals surface area contributed by atoms with Crippen LogP contribution in [0.1, 0.15) is 89.1 Å². The Morgan fingerprint density at radius 3 is 2.37 bits per heavy atom. The van der Waals surface area contributed by atoms with Crippen LogP contribution in [0, 0.1) is 12.8 Å². The Morgan fingerprint density at radius 2 is 1.67 bits per heavy atom. The van der Waals surface area contributed by atoms with Crippen molar-refractivity contribution < 1.29 is 28.6 Å². The molecular formula is C36H46N4O6. The van der Waals surface area contributed by atoms with Crippen molar-refractivity contribution in [3.05, 3.63) is 52.8 Å². The minimum Gasteiger partial charge on any atom is -0.444 e. The van der Waals surface area contributed by atoms with Gasteiger partial charge in [-0.1, -0.05) is 0 Å². The SMILES string of the molecule is Cc1cn(C(=O)OC(C)(C)C)c2ncc(-c3cc4c(c(C5CCCN5C(=O)OC(C)(C)C)c3)CCN(C(=O)[C@@H]3CCOC3)C4)cc12. The zero-order valence-electron chi connectivity index (χ0n) is 28.1. The molecule has 0 aliphatic carbocycles. The molecule has 10 nitrogen and oxygen atoms in total. The van der Waals surface area contributed by atoms with E-state index in [-0.39, 0.29) is 24.0 Å². The van der Waals surface area contributed by atoms with Crippen LogP contribution in [-0.2, 0) is 32.0 Å². The summed E-state index contributed by atoms with van der Waals surface area (Å²) in [4.78, 5) is 48.3. The largest absolute Gasteiger partial charge is 0.444 e. The number of aryl methyl sites for hydroxylation is 1. The maximum absolute atomic E-state index is 13.4. The normalized spacial score (nSPS) is 20.2. The molecule has 2 aromatic heterocycles. The molecule has 3 aliphatic rings. The van der Waals surface area contributed by atoms with Crippen molar-refractivity contribution in [3.8, 4) is 11.1 Å². The van der Waals surface area contributed by atoms with Gasteiger partial charge >= 0.3 is 12.2 Å². The number of amides is 2. The number of pyridine rings is 1. The van der Waals surface area contributed by atoms with Crippen LogP contribution < -0.4 is 0 Å². The van der Waals surface area contributed by atoms with E-state index in [1.807, 2.05) is 58.3 Å². The van der Waals surface area contributed by atoms with E-state index in [0.29, 0.717) is 38.5 Å². The van der Waals surface area contributed by atoms with Crippen molar-refractivity contribution in [2.45, 2.75) is 97.9 Å². The van der Waals surface area contributed by atoms with Crippen molar-refractivity contribution >= 4 is 29.1 Å². The Balaban J connectivity index is 1.41. The first-order valence-electron chi connectivity index (χ1n) is 16.4. The minimum atomic E-state index is -0.630. The Labute approximate surface area is 271 Å². The second-order valence-corrected chi connectivity index (χ2v) is 14.9. The number of carbonyl (C=O) groups excluding carboxylic acids is 3. The van der Waals surface area contributed by atoms with Crippen LogP contribution in [0.5, 0.6) is 0 Å². The van der Waals surface area contributed by atoms with Gasteiger partial charge < -0.3 is 24.0 Å². The van der Waals surface area contributed by atoms with Gasteiger partial charge in [0.1, 0.15) is 16.8 Å². The summed E-state index contributed by atoms with van der Waals surface area (Å²) in [6.07, 6.45) is 5.99. The third kappa shape index (κ3) is 6.49. The maximum Gasteiger partial charge on any atom is 0.420 e. The molecule has 2 atom stereocenters. The van der Waals surface area contributed by atoms with Crippen LogP contribution in [0.15, 0.2) is 30.6 Å². The van der Waals surface area contributed by atoms with Crippen LogP contribution >= 0.6 is 0 Å². The van der Waals surface area contributed by atoms with Gasteiger partial charge in [-0.3, -0.25) is 4.79 Å². The van der Waals surface area contributed by atoms with Crippen LogP contribution in [0.25, 0.3) is 22.2 Å². The van der Waals surface area contributed by atoms with E-state index < -0.39 is 17.3 Å².